The molecule has 1 aromatic heterocycles. The van der Waals surface area contributed by atoms with Crippen LogP contribution in [-0.4, -0.2) is 17.1 Å². The largest absolute Gasteiger partial charge is 0.497 e. The van der Waals surface area contributed by atoms with Crippen molar-refractivity contribution in [2.24, 2.45) is 0 Å². The first kappa shape index (κ1) is 12.3. The molecule has 5 heteroatoms. The van der Waals surface area contributed by atoms with Crippen molar-refractivity contribution in [3.8, 4) is 5.75 Å². The number of benzene rings is 2. The molecule has 0 spiro atoms. The molecule has 0 aliphatic carbocycles. The number of nitrogens with zero attached hydrogens (tertiary/aromatic N) is 2. The van der Waals surface area contributed by atoms with Gasteiger partial charge in [0.2, 0.25) is 0 Å². The second-order valence-electron chi connectivity index (χ2n) is 4.21. The van der Waals surface area contributed by atoms with Gasteiger partial charge < -0.3 is 10.1 Å². The number of aromatic nitrogens is 2. The first-order valence-electron chi connectivity index (χ1n) is 6.08. The fourth-order valence-electron chi connectivity index (χ4n) is 2.00. The van der Waals surface area contributed by atoms with Gasteiger partial charge in [-0.3, -0.25) is 0 Å². The van der Waals surface area contributed by atoms with Crippen molar-refractivity contribution in [1.82, 2.24) is 9.97 Å². The summed E-state index contributed by atoms with van der Waals surface area (Å²) in [5.41, 5.74) is 1.33. The quantitative estimate of drug-likeness (QED) is 0.790. The van der Waals surface area contributed by atoms with Crippen LogP contribution in [0.1, 0.15) is 0 Å². The van der Waals surface area contributed by atoms with E-state index in [0.29, 0.717) is 22.5 Å². The Balaban J connectivity index is 2.06. The van der Waals surface area contributed by atoms with Crippen LogP contribution >= 0.6 is 0 Å². The maximum atomic E-state index is 14.0. The van der Waals surface area contributed by atoms with Gasteiger partial charge in [-0.15, -0.1) is 0 Å². The van der Waals surface area contributed by atoms with Gasteiger partial charge in [0.05, 0.1) is 18.0 Å². The summed E-state index contributed by atoms with van der Waals surface area (Å²) in [4.78, 5) is 8.18. The Bertz CT molecular complexity index is 756. The van der Waals surface area contributed by atoms with Crippen LogP contribution < -0.4 is 10.1 Å². The van der Waals surface area contributed by atoms with Gasteiger partial charge in [-0.25, -0.2) is 14.4 Å². The molecule has 0 saturated carbocycles. The normalized spacial score (nSPS) is 10.5. The molecule has 0 radical (unpaired) electrons. The van der Waals surface area contributed by atoms with Crippen molar-refractivity contribution in [2.45, 2.75) is 0 Å². The van der Waals surface area contributed by atoms with Gasteiger partial charge in [0.1, 0.15) is 23.7 Å². The monoisotopic (exact) mass is 269 g/mol. The maximum absolute atomic E-state index is 14.0. The fourth-order valence-corrected chi connectivity index (χ4v) is 2.00. The lowest BCUT2D eigenvalue weighted by Crippen LogP contribution is -1.97. The highest BCUT2D eigenvalue weighted by Crippen LogP contribution is 2.26. The summed E-state index contributed by atoms with van der Waals surface area (Å²) < 4.78 is 19.1. The molecule has 4 nitrogen and oxygen atoms in total. The van der Waals surface area contributed by atoms with Crippen LogP contribution in [0.15, 0.2) is 48.8 Å². The molecule has 20 heavy (non-hydrogen) atoms. The van der Waals surface area contributed by atoms with E-state index in [-0.39, 0.29) is 5.82 Å². The second-order valence-corrected chi connectivity index (χ2v) is 4.21. The summed E-state index contributed by atoms with van der Waals surface area (Å²) in [7, 11) is 1.60. The van der Waals surface area contributed by atoms with E-state index in [9.17, 15) is 4.39 Å². The molecule has 100 valence electrons. The fraction of sp³-hybridized carbons (Fsp3) is 0.0667. The predicted octanol–water partition coefficient (Wildman–Crippen LogP) is 3.52. The Labute approximate surface area is 115 Å². The zero-order chi connectivity index (χ0) is 13.9. The highest BCUT2D eigenvalue weighted by molar-refractivity contribution is 5.91. The molecule has 3 aromatic rings. The number of hydrogen-bond donors (Lipinski definition) is 1. The number of fused-ring (bicyclic) bond motifs is 1. The Hall–Kier alpha value is -2.69. The third-order valence-electron chi connectivity index (χ3n) is 2.94. The third kappa shape index (κ3) is 2.25. The standard InChI is InChI=1S/C15H12FN3O/c1-20-11-5-2-4-10(8-11)19-15-14-12(16)6-3-7-13(14)17-9-18-15/h2-9H,1H3,(H,17,18,19). The van der Waals surface area contributed by atoms with Crippen LogP contribution in [-0.2, 0) is 0 Å². The second kappa shape index (κ2) is 5.13. The van der Waals surface area contributed by atoms with Gasteiger partial charge >= 0.3 is 0 Å². The van der Waals surface area contributed by atoms with Crippen LogP contribution in [0.2, 0.25) is 0 Å². The summed E-state index contributed by atoms with van der Waals surface area (Å²) in [6.07, 6.45) is 1.41. The topological polar surface area (TPSA) is 47.0 Å². The maximum Gasteiger partial charge on any atom is 0.144 e. The van der Waals surface area contributed by atoms with E-state index in [2.05, 4.69) is 15.3 Å². The average Bonchev–Trinajstić information content (AvgIpc) is 2.48. The predicted molar refractivity (Wildman–Crippen MR) is 75.8 cm³/mol. The number of methoxy groups -OCH3 is 1. The number of hydrogen-bond acceptors (Lipinski definition) is 4. The highest BCUT2D eigenvalue weighted by atomic mass is 19.1. The Morgan fingerprint density at radius 1 is 1.10 bits per heavy atom. The lowest BCUT2D eigenvalue weighted by atomic mass is 10.2. The number of rotatable bonds is 3. The molecule has 0 aliphatic rings. The van der Waals surface area contributed by atoms with Gasteiger partial charge in [0.15, 0.2) is 0 Å². The number of anilines is 2. The van der Waals surface area contributed by atoms with Gasteiger partial charge in [0, 0.05) is 11.8 Å². The van der Waals surface area contributed by atoms with Crippen molar-refractivity contribution in [1.29, 1.82) is 0 Å². The molecule has 0 atom stereocenters. The Morgan fingerprint density at radius 2 is 1.95 bits per heavy atom. The molecule has 0 saturated heterocycles. The molecular weight excluding hydrogens is 257 g/mol. The molecule has 0 amide bonds. The SMILES string of the molecule is COc1cccc(Nc2ncnc3cccc(F)c23)c1. The van der Waals surface area contributed by atoms with Crippen LogP contribution in [0.25, 0.3) is 10.9 Å². The molecule has 0 unspecified atom stereocenters. The summed E-state index contributed by atoms with van der Waals surface area (Å²) in [5.74, 6) is 0.795. The first-order chi connectivity index (χ1) is 9.78. The molecule has 1 N–H and O–H groups in total. The first-order valence-corrected chi connectivity index (χ1v) is 6.08. The molecule has 2 aromatic carbocycles. The molecule has 1 heterocycles. The van der Waals surface area contributed by atoms with Crippen LogP contribution in [0.4, 0.5) is 15.9 Å². The van der Waals surface area contributed by atoms with E-state index in [1.54, 1.807) is 19.2 Å². The summed E-state index contributed by atoms with van der Waals surface area (Å²) in [5, 5.41) is 3.46. The third-order valence-corrected chi connectivity index (χ3v) is 2.94. The van der Waals surface area contributed by atoms with Crippen molar-refractivity contribution in [3.63, 3.8) is 0 Å². The van der Waals surface area contributed by atoms with E-state index < -0.39 is 0 Å². The molecule has 0 aliphatic heterocycles. The van der Waals surface area contributed by atoms with Crippen molar-refractivity contribution in [3.05, 3.63) is 54.6 Å². The number of nitrogens with one attached hydrogen (secondary N) is 1. The molecule has 0 bridgehead atoms. The van der Waals surface area contributed by atoms with Crippen molar-refractivity contribution in [2.75, 3.05) is 12.4 Å². The van der Waals surface area contributed by atoms with Crippen LogP contribution in [0.3, 0.4) is 0 Å². The van der Waals surface area contributed by atoms with E-state index in [4.69, 9.17) is 4.74 Å². The van der Waals surface area contributed by atoms with E-state index in [1.165, 1.54) is 12.4 Å². The minimum Gasteiger partial charge on any atom is -0.497 e. The minimum atomic E-state index is -0.353. The van der Waals surface area contributed by atoms with Crippen LogP contribution in [0.5, 0.6) is 5.75 Å². The van der Waals surface area contributed by atoms with Gasteiger partial charge in [-0.2, -0.15) is 0 Å². The molecule has 3 rings (SSSR count). The number of ether oxygens (including phenoxy) is 1. The van der Waals surface area contributed by atoms with E-state index in [0.717, 1.165) is 5.69 Å². The summed E-state index contributed by atoms with van der Waals surface area (Å²) >= 11 is 0. The molecule has 0 fully saturated rings. The van der Waals surface area contributed by atoms with Gasteiger partial charge in [-0.1, -0.05) is 12.1 Å². The summed E-state index contributed by atoms with van der Waals surface area (Å²) in [6, 6.07) is 12.1. The van der Waals surface area contributed by atoms with Crippen LogP contribution in [0, 0.1) is 5.82 Å². The highest BCUT2D eigenvalue weighted by Gasteiger charge is 2.09. The van der Waals surface area contributed by atoms with Crippen molar-refractivity contribution >= 4 is 22.4 Å². The zero-order valence-electron chi connectivity index (χ0n) is 10.8. The average molecular weight is 269 g/mol. The lowest BCUT2D eigenvalue weighted by molar-refractivity contribution is 0.415. The van der Waals surface area contributed by atoms with Crippen molar-refractivity contribution < 1.29 is 9.13 Å². The van der Waals surface area contributed by atoms with Gasteiger partial charge in [-0.05, 0) is 24.3 Å². The van der Waals surface area contributed by atoms with E-state index in [1.807, 2.05) is 24.3 Å². The zero-order valence-corrected chi connectivity index (χ0v) is 10.8. The van der Waals surface area contributed by atoms with E-state index >= 15 is 0 Å². The molecular formula is C15H12FN3O. The smallest absolute Gasteiger partial charge is 0.144 e. The Kier molecular flexibility index (Phi) is 3.16. The van der Waals surface area contributed by atoms with Gasteiger partial charge in [0.25, 0.3) is 0 Å². The summed E-state index contributed by atoms with van der Waals surface area (Å²) in [6.45, 7) is 0. The lowest BCUT2D eigenvalue weighted by Gasteiger charge is -2.09. The Morgan fingerprint density at radius 3 is 2.80 bits per heavy atom. The number of halogens is 1. The minimum absolute atomic E-state index is 0.353.